The molecule has 1 atom stereocenters. The Labute approximate surface area is 268 Å². The van der Waals surface area contributed by atoms with Gasteiger partial charge in [0, 0.05) is 24.9 Å². The van der Waals surface area contributed by atoms with Gasteiger partial charge >= 0.3 is 0 Å². The van der Waals surface area contributed by atoms with Gasteiger partial charge in [-0.1, -0.05) is 12.1 Å². The second-order valence-corrected chi connectivity index (χ2v) is 11.4. The first-order valence-electron chi connectivity index (χ1n) is 14.6. The van der Waals surface area contributed by atoms with Gasteiger partial charge in [0.25, 0.3) is 12.4 Å². The van der Waals surface area contributed by atoms with Crippen molar-refractivity contribution in [2.45, 2.75) is 31.7 Å². The lowest BCUT2D eigenvalue weighted by Gasteiger charge is -2.38. The number of nitrogens with one attached hydrogen (secondary N) is 1. The minimum atomic E-state index is -0.631. The van der Waals surface area contributed by atoms with Crippen molar-refractivity contribution in [3.8, 4) is 23.0 Å². The van der Waals surface area contributed by atoms with Crippen molar-refractivity contribution in [1.29, 1.82) is 0 Å². The Balaban J connectivity index is 0.00000134. The van der Waals surface area contributed by atoms with Gasteiger partial charge in [-0.05, 0) is 78.4 Å². The molecule has 0 radical (unpaired) electrons. The number of fused-ring (bicyclic) bond motifs is 6. The largest absolute Gasteiger partial charge is 0.493 e. The lowest BCUT2D eigenvalue weighted by molar-refractivity contribution is -0.133. The van der Waals surface area contributed by atoms with Crippen LogP contribution in [0.1, 0.15) is 51.6 Å². The van der Waals surface area contributed by atoms with E-state index in [4.69, 9.17) is 29.8 Å². The number of ether oxygens (including phenoxy) is 3. The van der Waals surface area contributed by atoms with Gasteiger partial charge in [-0.25, -0.2) is 9.37 Å². The second kappa shape index (κ2) is 14.7. The van der Waals surface area contributed by atoms with E-state index >= 15 is 0 Å². The van der Waals surface area contributed by atoms with E-state index in [-0.39, 0.29) is 37.1 Å². The van der Waals surface area contributed by atoms with Crippen LogP contribution in [-0.4, -0.2) is 60.1 Å². The smallest absolute Gasteiger partial charge is 0.290 e. The molecule has 240 valence electrons. The predicted molar refractivity (Wildman–Crippen MR) is 169 cm³/mol. The topological polar surface area (TPSA) is 153 Å². The van der Waals surface area contributed by atoms with Crippen molar-refractivity contribution >= 4 is 34.8 Å². The van der Waals surface area contributed by atoms with E-state index in [9.17, 15) is 14.0 Å². The fraction of sp³-hybridized carbons (Fsp3) is 0.273. The Bertz CT molecular complexity index is 1730. The molecule has 4 aromatic rings. The highest BCUT2D eigenvalue weighted by molar-refractivity contribution is 7.13. The summed E-state index contributed by atoms with van der Waals surface area (Å²) in [5.41, 5.74) is 9.38. The molecular formula is C33H33FN4O7S. The molecular weight excluding hydrogens is 615 g/mol. The molecule has 0 fully saturated rings. The Morgan fingerprint density at radius 3 is 2.76 bits per heavy atom. The molecule has 1 aromatic heterocycles. The van der Waals surface area contributed by atoms with Crippen molar-refractivity contribution in [3.05, 3.63) is 93.7 Å². The van der Waals surface area contributed by atoms with Gasteiger partial charge in [-0.15, -0.1) is 11.3 Å². The number of amides is 2. The van der Waals surface area contributed by atoms with Crippen LogP contribution in [0.4, 0.5) is 9.52 Å². The molecule has 8 bridgehead atoms. The Morgan fingerprint density at radius 1 is 1.22 bits per heavy atom. The highest BCUT2D eigenvalue weighted by atomic mass is 32.1. The van der Waals surface area contributed by atoms with Crippen molar-refractivity contribution in [1.82, 2.24) is 15.2 Å². The number of anilines is 1. The number of aryl methyl sites for hydroxylation is 1. The lowest BCUT2D eigenvalue weighted by atomic mass is 9.87. The zero-order valence-corrected chi connectivity index (χ0v) is 25.8. The highest BCUT2D eigenvalue weighted by Crippen LogP contribution is 2.41. The second-order valence-electron chi connectivity index (χ2n) is 10.5. The van der Waals surface area contributed by atoms with Gasteiger partial charge in [-0.2, -0.15) is 0 Å². The van der Waals surface area contributed by atoms with Crippen LogP contribution in [0.15, 0.2) is 60.0 Å². The van der Waals surface area contributed by atoms with Crippen LogP contribution in [0.25, 0.3) is 0 Å². The van der Waals surface area contributed by atoms with Gasteiger partial charge in [-0.3, -0.25) is 14.4 Å². The maximum atomic E-state index is 14.5. The normalized spacial score (nSPS) is 15.6. The summed E-state index contributed by atoms with van der Waals surface area (Å²) in [7, 11) is 1.57. The summed E-state index contributed by atoms with van der Waals surface area (Å²) in [6, 6.07) is 15.2. The third-order valence-corrected chi connectivity index (χ3v) is 8.34. The molecule has 3 aromatic carbocycles. The summed E-state index contributed by atoms with van der Waals surface area (Å²) in [6.07, 6.45) is 1.91. The Morgan fingerprint density at radius 2 is 2.00 bits per heavy atom. The molecule has 0 spiro atoms. The number of hydrogen-bond donors (Lipinski definition) is 3. The summed E-state index contributed by atoms with van der Waals surface area (Å²) in [5, 5.41) is 12.0. The minimum Gasteiger partial charge on any atom is -0.493 e. The maximum absolute atomic E-state index is 14.5. The molecule has 46 heavy (non-hydrogen) atoms. The van der Waals surface area contributed by atoms with Crippen LogP contribution >= 0.6 is 11.3 Å². The molecule has 11 nitrogen and oxygen atoms in total. The number of carbonyl (C=O) groups is 3. The van der Waals surface area contributed by atoms with E-state index in [1.54, 1.807) is 7.11 Å². The number of methoxy groups -OCH3 is 1. The number of hydrogen-bond acceptors (Lipinski definition) is 9. The average Bonchev–Trinajstić information content (AvgIpc) is 3.48. The molecule has 2 amide bonds. The van der Waals surface area contributed by atoms with Crippen molar-refractivity contribution in [2.75, 3.05) is 32.5 Å². The maximum Gasteiger partial charge on any atom is 0.290 e. The number of nitrogens with two attached hydrogens (primary N) is 1. The van der Waals surface area contributed by atoms with Crippen molar-refractivity contribution < 1.29 is 38.1 Å². The van der Waals surface area contributed by atoms with E-state index < -0.39 is 11.7 Å². The number of thiazole rings is 1. The van der Waals surface area contributed by atoms with Crippen molar-refractivity contribution in [3.63, 3.8) is 0 Å². The Hall–Kier alpha value is -5.17. The van der Waals surface area contributed by atoms with E-state index in [2.05, 4.69) is 10.3 Å². The number of carboxylic acid groups (broad SMARTS) is 1. The standard InChI is InChI=1S/C32H31FN4O5S.CH2O2/c1-40-27-9-3-20-16-28(27)41-14-2-12-35-31(39)25-17-23(6-8-26(25)33)42-22-5-7-24-19(15-22)11-13-37(30(20)24)29(38)10-4-21-18-43-32(34)36-21;2-1-3/h3,5-9,15-18,30H,2,4,10-14H2,1H3,(H2,34,36)(H,35,39);1H,(H,2,3). The molecule has 3 aliphatic rings. The summed E-state index contributed by atoms with van der Waals surface area (Å²) in [6.45, 7) is 0.822. The monoisotopic (exact) mass is 648 g/mol. The molecule has 7 rings (SSSR count). The number of halogens is 1. The van der Waals surface area contributed by atoms with Gasteiger partial charge in [0.2, 0.25) is 5.91 Å². The van der Waals surface area contributed by atoms with Gasteiger partial charge in [0.05, 0.1) is 31.0 Å². The lowest BCUT2D eigenvalue weighted by Crippen LogP contribution is -2.40. The number of carbonyl (C=O) groups excluding carboxylic acids is 2. The van der Waals surface area contributed by atoms with Gasteiger partial charge in [0.1, 0.15) is 17.3 Å². The quantitative estimate of drug-likeness (QED) is 0.260. The Kier molecular flexibility index (Phi) is 10.3. The van der Waals surface area contributed by atoms with Crippen LogP contribution in [0.3, 0.4) is 0 Å². The van der Waals surface area contributed by atoms with Crippen LogP contribution in [0.2, 0.25) is 0 Å². The first kappa shape index (κ1) is 32.2. The fourth-order valence-electron chi connectivity index (χ4n) is 5.52. The molecule has 0 aliphatic carbocycles. The molecule has 0 saturated carbocycles. The van der Waals surface area contributed by atoms with E-state index in [0.717, 1.165) is 22.4 Å². The van der Waals surface area contributed by atoms with Crippen LogP contribution < -0.4 is 25.3 Å². The van der Waals surface area contributed by atoms with E-state index in [0.29, 0.717) is 60.4 Å². The minimum absolute atomic E-state index is 0.0116. The molecule has 4 heterocycles. The first-order valence-corrected chi connectivity index (χ1v) is 15.5. The SMILES string of the molecule is COc1ccc2cc1OCCCNC(=O)c1cc(ccc1F)Oc1ccc3c(c1)CCN(C(=O)CCc1csc(N)n1)C23.O=CO. The number of aromatic nitrogens is 1. The van der Waals surface area contributed by atoms with Crippen LogP contribution in [0, 0.1) is 5.82 Å². The zero-order chi connectivity index (χ0) is 32.6. The number of benzene rings is 3. The average molecular weight is 649 g/mol. The van der Waals surface area contributed by atoms with E-state index in [1.807, 2.05) is 46.7 Å². The van der Waals surface area contributed by atoms with Crippen LogP contribution in [-0.2, 0) is 22.4 Å². The molecule has 13 heteroatoms. The van der Waals surface area contributed by atoms with E-state index in [1.165, 1.54) is 29.5 Å². The third-order valence-electron chi connectivity index (χ3n) is 7.61. The number of nitrogens with zero attached hydrogens (tertiary/aromatic N) is 2. The first-order chi connectivity index (χ1) is 22.3. The molecule has 3 aliphatic heterocycles. The fourth-order valence-corrected chi connectivity index (χ4v) is 6.11. The molecule has 0 saturated heterocycles. The third kappa shape index (κ3) is 7.37. The summed E-state index contributed by atoms with van der Waals surface area (Å²) in [5.74, 6) is 0.841. The van der Waals surface area contributed by atoms with Crippen LogP contribution in [0.5, 0.6) is 23.0 Å². The van der Waals surface area contributed by atoms with Gasteiger partial charge < -0.3 is 35.3 Å². The number of nitrogen functional groups attached to an aromatic ring is 1. The zero-order valence-electron chi connectivity index (χ0n) is 25.0. The number of rotatable bonds is 4. The summed E-state index contributed by atoms with van der Waals surface area (Å²) >= 11 is 1.36. The molecule has 4 N–H and O–H groups in total. The summed E-state index contributed by atoms with van der Waals surface area (Å²) < 4.78 is 32.3. The molecule has 1 unspecified atom stereocenters. The highest BCUT2D eigenvalue weighted by Gasteiger charge is 2.33. The predicted octanol–water partition coefficient (Wildman–Crippen LogP) is 4.99. The van der Waals surface area contributed by atoms with Crippen molar-refractivity contribution in [2.24, 2.45) is 0 Å². The van der Waals surface area contributed by atoms with Gasteiger partial charge in [0.15, 0.2) is 16.6 Å². The summed E-state index contributed by atoms with van der Waals surface area (Å²) in [4.78, 5) is 41.0.